The van der Waals surface area contributed by atoms with Gasteiger partial charge < -0.3 is 16.2 Å². The molecule has 0 amide bonds. The van der Waals surface area contributed by atoms with Crippen LogP contribution >= 0.6 is 0 Å². The predicted molar refractivity (Wildman–Crippen MR) is 53.4 cm³/mol. The van der Waals surface area contributed by atoms with Crippen LogP contribution < -0.4 is 11.1 Å². The molecule has 0 saturated heterocycles. The number of hydrogen-bond acceptors (Lipinski definition) is 4. The average Bonchev–Trinajstić information content (AvgIpc) is 2.14. The van der Waals surface area contributed by atoms with Gasteiger partial charge in [0.2, 0.25) is 0 Å². The minimum absolute atomic E-state index is 0.330. The molecule has 0 spiro atoms. The number of nitrogens with one attached hydrogen (secondary N) is 1. The monoisotopic (exact) mass is 181 g/mol. The molecule has 4 N–H and O–H groups in total. The molecule has 1 rings (SSSR count). The Morgan fingerprint density at radius 2 is 2.38 bits per heavy atom. The molecule has 0 aliphatic rings. The summed E-state index contributed by atoms with van der Waals surface area (Å²) in [5, 5.41) is 12.3. The maximum atomic E-state index is 9.27. The van der Waals surface area contributed by atoms with Crippen LogP contribution in [0.3, 0.4) is 0 Å². The van der Waals surface area contributed by atoms with Gasteiger partial charge in [0.25, 0.3) is 0 Å². The predicted octanol–water partition coefficient (Wildman–Crippen LogP) is 0.847. The van der Waals surface area contributed by atoms with Gasteiger partial charge in [-0.25, -0.2) is 4.98 Å². The van der Waals surface area contributed by atoms with E-state index in [1.165, 1.54) is 0 Å². The molecule has 0 aromatic carbocycles. The summed E-state index contributed by atoms with van der Waals surface area (Å²) in [6, 6.07) is 5.36. The standard InChI is InChI=1S/C9H15N3O/c1-2-7(13)6-11-9-5-3-4-8(10)12-9/h3-5,7,13H,2,6H2,1H3,(H3,10,11,12). The minimum atomic E-state index is -0.330. The first-order valence-corrected chi connectivity index (χ1v) is 4.37. The van der Waals surface area contributed by atoms with E-state index in [1.54, 1.807) is 6.07 Å². The van der Waals surface area contributed by atoms with E-state index in [4.69, 9.17) is 5.73 Å². The lowest BCUT2D eigenvalue weighted by Gasteiger charge is -2.09. The normalized spacial score (nSPS) is 12.5. The van der Waals surface area contributed by atoms with Gasteiger partial charge in [-0.05, 0) is 18.6 Å². The second kappa shape index (κ2) is 4.67. The number of rotatable bonds is 4. The summed E-state index contributed by atoms with van der Waals surface area (Å²) < 4.78 is 0. The zero-order valence-corrected chi connectivity index (χ0v) is 7.70. The van der Waals surface area contributed by atoms with Gasteiger partial charge in [0.05, 0.1) is 6.10 Å². The fraction of sp³-hybridized carbons (Fsp3) is 0.444. The van der Waals surface area contributed by atoms with Gasteiger partial charge in [0.1, 0.15) is 11.6 Å². The summed E-state index contributed by atoms with van der Waals surface area (Å²) in [5.41, 5.74) is 5.48. The number of aliphatic hydroxyl groups excluding tert-OH is 1. The Balaban J connectivity index is 2.45. The third-order valence-electron chi connectivity index (χ3n) is 1.76. The quantitative estimate of drug-likeness (QED) is 0.644. The maximum absolute atomic E-state index is 9.27. The molecule has 0 bridgehead atoms. The summed E-state index contributed by atoms with van der Waals surface area (Å²) in [4.78, 5) is 4.03. The van der Waals surface area contributed by atoms with Gasteiger partial charge in [-0.2, -0.15) is 0 Å². The highest BCUT2D eigenvalue weighted by atomic mass is 16.3. The first-order chi connectivity index (χ1) is 6.22. The van der Waals surface area contributed by atoms with Gasteiger partial charge in [-0.3, -0.25) is 0 Å². The number of nitrogens with zero attached hydrogens (tertiary/aromatic N) is 1. The molecule has 0 aliphatic heterocycles. The third kappa shape index (κ3) is 3.29. The van der Waals surface area contributed by atoms with Crippen LogP contribution in [0.2, 0.25) is 0 Å². The van der Waals surface area contributed by atoms with Gasteiger partial charge in [0, 0.05) is 6.54 Å². The molecule has 0 saturated carbocycles. The molecule has 4 heteroatoms. The molecule has 0 aliphatic carbocycles. The molecule has 72 valence electrons. The van der Waals surface area contributed by atoms with Crippen molar-refractivity contribution in [1.82, 2.24) is 4.98 Å². The number of pyridine rings is 1. The molecule has 13 heavy (non-hydrogen) atoms. The van der Waals surface area contributed by atoms with Gasteiger partial charge in [0.15, 0.2) is 0 Å². The highest BCUT2D eigenvalue weighted by molar-refractivity contribution is 5.42. The van der Waals surface area contributed by atoms with Crippen molar-refractivity contribution in [3.63, 3.8) is 0 Å². The van der Waals surface area contributed by atoms with E-state index in [2.05, 4.69) is 10.3 Å². The smallest absolute Gasteiger partial charge is 0.128 e. The summed E-state index contributed by atoms with van der Waals surface area (Å²) in [7, 11) is 0. The number of nitrogens with two attached hydrogens (primary N) is 1. The lowest BCUT2D eigenvalue weighted by Crippen LogP contribution is -2.18. The lowest BCUT2D eigenvalue weighted by molar-refractivity contribution is 0.183. The minimum Gasteiger partial charge on any atom is -0.391 e. The van der Waals surface area contributed by atoms with E-state index < -0.39 is 0 Å². The molecule has 1 aromatic heterocycles. The van der Waals surface area contributed by atoms with E-state index in [9.17, 15) is 5.11 Å². The van der Waals surface area contributed by atoms with E-state index in [-0.39, 0.29) is 6.10 Å². The molecule has 1 heterocycles. The van der Waals surface area contributed by atoms with Crippen LogP contribution in [-0.2, 0) is 0 Å². The van der Waals surface area contributed by atoms with Crippen LogP contribution in [-0.4, -0.2) is 22.7 Å². The van der Waals surface area contributed by atoms with E-state index in [0.717, 1.165) is 6.42 Å². The summed E-state index contributed by atoms with van der Waals surface area (Å²) in [5.74, 6) is 1.18. The van der Waals surface area contributed by atoms with Crippen molar-refractivity contribution in [1.29, 1.82) is 0 Å². The number of hydrogen-bond donors (Lipinski definition) is 3. The van der Waals surface area contributed by atoms with Crippen LogP contribution in [0.1, 0.15) is 13.3 Å². The van der Waals surface area contributed by atoms with Crippen molar-refractivity contribution in [3.05, 3.63) is 18.2 Å². The Morgan fingerprint density at radius 1 is 1.62 bits per heavy atom. The Bertz CT molecular complexity index is 265. The Labute approximate surface area is 77.8 Å². The van der Waals surface area contributed by atoms with Crippen molar-refractivity contribution in [2.24, 2.45) is 0 Å². The van der Waals surface area contributed by atoms with E-state index in [0.29, 0.717) is 18.2 Å². The van der Waals surface area contributed by atoms with Crippen LogP contribution in [0.5, 0.6) is 0 Å². The number of nitrogen functional groups attached to an aromatic ring is 1. The maximum Gasteiger partial charge on any atom is 0.128 e. The van der Waals surface area contributed by atoms with Crippen molar-refractivity contribution in [2.75, 3.05) is 17.6 Å². The number of aromatic nitrogens is 1. The summed E-state index contributed by atoms with van der Waals surface area (Å²) in [6.07, 6.45) is 0.401. The van der Waals surface area contributed by atoms with Crippen LogP contribution in [0, 0.1) is 0 Å². The molecule has 1 atom stereocenters. The van der Waals surface area contributed by atoms with Crippen molar-refractivity contribution < 1.29 is 5.11 Å². The Morgan fingerprint density at radius 3 is 3.00 bits per heavy atom. The zero-order chi connectivity index (χ0) is 9.68. The fourth-order valence-corrected chi connectivity index (χ4v) is 0.917. The van der Waals surface area contributed by atoms with Crippen LogP contribution in [0.4, 0.5) is 11.6 Å². The molecule has 0 fully saturated rings. The summed E-state index contributed by atoms with van der Waals surface area (Å²) in [6.45, 7) is 2.44. The fourth-order valence-electron chi connectivity index (χ4n) is 0.917. The Kier molecular flexibility index (Phi) is 3.52. The van der Waals surface area contributed by atoms with Crippen molar-refractivity contribution in [2.45, 2.75) is 19.4 Å². The molecular weight excluding hydrogens is 166 g/mol. The SMILES string of the molecule is CCC(O)CNc1cccc(N)n1. The number of anilines is 2. The van der Waals surface area contributed by atoms with Gasteiger partial charge in [-0.1, -0.05) is 13.0 Å². The first kappa shape index (κ1) is 9.80. The Hall–Kier alpha value is -1.29. The average molecular weight is 181 g/mol. The van der Waals surface area contributed by atoms with Crippen molar-refractivity contribution in [3.8, 4) is 0 Å². The molecule has 1 unspecified atom stereocenters. The molecule has 4 nitrogen and oxygen atoms in total. The third-order valence-corrected chi connectivity index (χ3v) is 1.76. The van der Waals surface area contributed by atoms with Crippen molar-refractivity contribution >= 4 is 11.6 Å². The highest BCUT2D eigenvalue weighted by Crippen LogP contribution is 2.05. The molecule has 0 radical (unpaired) electrons. The highest BCUT2D eigenvalue weighted by Gasteiger charge is 2.00. The summed E-state index contributed by atoms with van der Waals surface area (Å²) >= 11 is 0. The van der Waals surface area contributed by atoms with E-state index in [1.807, 2.05) is 19.1 Å². The zero-order valence-electron chi connectivity index (χ0n) is 7.70. The first-order valence-electron chi connectivity index (χ1n) is 4.37. The van der Waals surface area contributed by atoms with Crippen LogP contribution in [0.25, 0.3) is 0 Å². The topological polar surface area (TPSA) is 71.2 Å². The van der Waals surface area contributed by atoms with E-state index >= 15 is 0 Å². The lowest BCUT2D eigenvalue weighted by atomic mass is 10.3. The number of aliphatic hydroxyl groups is 1. The second-order valence-corrected chi connectivity index (χ2v) is 2.89. The van der Waals surface area contributed by atoms with Crippen LogP contribution in [0.15, 0.2) is 18.2 Å². The second-order valence-electron chi connectivity index (χ2n) is 2.89. The molecular formula is C9H15N3O. The molecule has 1 aromatic rings. The van der Waals surface area contributed by atoms with Gasteiger partial charge in [-0.15, -0.1) is 0 Å². The van der Waals surface area contributed by atoms with Gasteiger partial charge >= 0.3 is 0 Å². The largest absolute Gasteiger partial charge is 0.391 e.